The number of aryl methyl sites for hydroxylation is 1. The average Bonchev–Trinajstić information content (AvgIpc) is 2.83. The van der Waals surface area contributed by atoms with Crippen LogP contribution < -0.4 is 5.32 Å². The minimum absolute atomic E-state index is 0.0811. The molecule has 4 nitrogen and oxygen atoms in total. The molecule has 0 amide bonds. The molecule has 2 rings (SSSR count). The van der Waals surface area contributed by atoms with Gasteiger partial charge in [0.25, 0.3) is 0 Å². The Hall–Kier alpha value is -0.720. The molecule has 0 aliphatic carbocycles. The van der Waals surface area contributed by atoms with Gasteiger partial charge in [0.05, 0.1) is 10.5 Å². The van der Waals surface area contributed by atoms with Crippen molar-refractivity contribution in [1.82, 2.24) is 15.0 Å². The van der Waals surface area contributed by atoms with E-state index in [1.165, 1.54) is 11.2 Å². The third kappa shape index (κ3) is 2.99. The van der Waals surface area contributed by atoms with Crippen LogP contribution in [0.15, 0.2) is 17.0 Å². The fourth-order valence-corrected chi connectivity index (χ4v) is 2.71. The first-order valence-corrected chi connectivity index (χ1v) is 7.47. The van der Waals surface area contributed by atoms with Gasteiger partial charge in [0.1, 0.15) is 22.3 Å². The SMILES string of the molecule is CCc1cnc(C(C)Nc2ncnc(Cl)c2Br)s1. The van der Waals surface area contributed by atoms with Crippen LogP contribution in [0.25, 0.3) is 0 Å². The van der Waals surface area contributed by atoms with Gasteiger partial charge in [0.2, 0.25) is 0 Å². The van der Waals surface area contributed by atoms with Crippen LogP contribution in [-0.4, -0.2) is 15.0 Å². The van der Waals surface area contributed by atoms with Crippen LogP contribution in [0.3, 0.4) is 0 Å². The van der Waals surface area contributed by atoms with Crippen LogP contribution in [0, 0.1) is 0 Å². The van der Waals surface area contributed by atoms with E-state index in [-0.39, 0.29) is 6.04 Å². The molecular weight excluding hydrogens is 336 g/mol. The Labute approximate surface area is 123 Å². The molecule has 1 unspecified atom stereocenters. The van der Waals surface area contributed by atoms with E-state index in [1.807, 2.05) is 13.1 Å². The molecule has 0 saturated heterocycles. The predicted octanol–water partition coefficient (Wildman–Crippen LogP) is 4.08. The number of hydrogen-bond donors (Lipinski definition) is 1. The van der Waals surface area contributed by atoms with Gasteiger partial charge in [-0.15, -0.1) is 11.3 Å². The van der Waals surface area contributed by atoms with E-state index < -0.39 is 0 Å². The maximum absolute atomic E-state index is 5.92. The summed E-state index contributed by atoms with van der Waals surface area (Å²) >= 11 is 11.0. The van der Waals surface area contributed by atoms with Gasteiger partial charge in [-0.3, -0.25) is 0 Å². The molecule has 0 aliphatic rings. The number of aromatic nitrogens is 3. The summed E-state index contributed by atoms with van der Waals surface area (Å²) in [5, 5.41) is 4.70. The van der Waals surface area contributed by atoms with Crippen LogP contribution >= 0.6 is 38.9 Å². The normalized spacial score (nSPS) is 12.4. The zero-order chi connectivity index (χ0) is 13.1. The fourth-order valence-electron chi connectivity index (χ4n) is 1.40. The highest BCUT2D eigenvalue weighted by atomic mass is 79.9. The monoisotopic (exact) mass is 346 g/mol. The molecule has 18 heavy (non-hydrogen) atoms. The Balaban J connectivity index is 2.15. The Bertz CT molecular complexity index is 546. The molecule has 0 fully saturated rings. The Morgan fingerprint density at radius 1 is 1.44 bits per heavy atom. The van der Waals surface area contributed by atoms with E-state index in [2.05, 4.69) is 43.1 Å². The summed E-state index contributed by atoms with van der Waals surface area (Å²) in [7, 11) is 0. The quantitative estimate of drug-likeness (QED) is 0.847. The Kier molecular flexibility index (Phi) is 4.53. The van der Waals surface area contributed by atoms with Crippen molar-refractivity contribution in [2.45, 2.75) is 26.3 Å². The number of halogens is 2. The fraction of sp³-hybridized carbons (Fsp3) is 0.364. The van der Waals surface area contributed by atoms with Crippen molar-refractivity contribution in [3.8, 4) is 0 Å². The molecule has 2 aromatic rings. The second kappa shape index (κ2) is 5.95. The molecule has 1 N–H and O–H groups in total. The summed E-state index contributed by atoms with van der Waals surface area (Å²) in [6.07, 6.45) is 4.36. The van der Waals surface area contributed by atoms with Crippen molar-refractivity contribution in [2.24, 2.45) is 0 Å². The molecule has 0 aromatic carbocycles. The van der Waals surface area contributed by atoms with Crippen LogP contribution in [0.4, 0.5) is 5.82 Å². The highest BCUT2D eigenvalue weighted by Crippen LogP contribution is 2.30. The number of rotatable bonds is 4. The summed E-state index contributed by atoms with van der Waals surface area (Å²) in [6.45, 7) is 4.16. The minimum Gasteiger partial charge on any atom is -0.360 e. The lowest BCUT2D eigenvalue weighted by Gasteiger charge is -2.13. The first-order chi connectivity index (χ1) is 8.61. The Morgan fingerprint density at radius 2 is 2.22 bits per heavy atom. The van der Waals surface area contributed by atoms with E-state index in [4.69, 9.17) is 11.6 Å². The summed E-state index contributed by atoms with van der Waals surface area (Å²) in [5.74, 6) is 0.677. The summed E-state index contributed by atoms with van der Waals surface area (Å²) < 4.78 is 0.672. The first-order valence-electron chi connectivity index (χ1n) is 5.49. The van der Waals surface area contributed by atoms with Gasteiger partial charge in [-0.1, -0.05) is 18.5 Å². The third-order valence-corrected chi connectivity index (χ3v) is 4.98. The van der Waals surface area contributed by atoms with E-state index in [0.29, 0.717) is 15.4 Å². The lowest BCUT2D eigenvalue weighted by atomic mass is 10.3. The molecule has 2 aromatic heterocycles. The second-order valence-electron chi connectivity index (χ2n) is 3.71. The molecule has 0 aliphatic heterocycles. The maximum Gasteiger partial charge on any atom is 0.148 e. The number of nitrogens with one attached hydrogen (secondary N) is 1. The van der Waals surface area contributed by atoms with Crippen molar-refractivity contribution < 1.29 is 0 Å². The summed E-state index contributed by atoms with van der Waals surface area (Å²) in [6, 6.07) is 0.0811. The van der Waals surface area contributed by atoms with Gasteiger partial charge < -0.3 is 5.32 Å². The van der Waals surface area contributed by atoms with Gasteiger partial charge >= 0.3 is 0 Å². The molecule has 1 atom stereocenters. The number of anilines is 1. The minimum atomic E-state index is 0.0811. The lowest BCUT2D eigenvalue weighted by Crippen LogP contribution is -2.08. The smallest absolute Gasteiger partial charge is 0.148 e. The molecule has 0 spiro atoms. The van der Waals surface area contributed by atoms with E-state index in [1.54, 1.807) is 11.3 Å². The molecule has 0 bridgehead atoms. The summed E-state index contributed by atoms with van der Waals surface area (Å²) in [5.41, 5.74) is 0. The molecule has 0 radical (unpaired) electrons. The van der Waals surface area contributed by atoms with Crippen LogP contribution in [0.2, 0.25) is 5.15 Å². The molecule has 0 saturated carbocycles. The zero-order valence-electron chi connectivity index (χ0n) is 9.94. The Morgan fingerprint density at radius 3 is 2.89 bits per heavy atom. The maximum atomic E-state index is 5.92. The number of hydrogen-bond acceptors (Lipinski definition) is 5. The number of nitrogens with zero attached hydrogens (tertiary/aromatic N) is 3. The van der Waals surface area contributed by atoms with Crippen LogP contribution in [0.5, 0.6) is 0 Å². The largest absolute Gasteiger partial charge is 0.360 e. The van der Waals surface area contributed by atoms with E-state index in [9.17, 15) is 0 Å². The van der Waals surface area contributed by atoms with Crippen LogP contribution in [-0.2, 0) is 6.42 Å². The van der Waals surface area contributed by atoms with Crippen molar-refractivity contribution >= 4 is 44.7 Å². The van der Waals surface area contributed by atoms with E-state index in [0.717, 1.165) is 11.4 Å². The number of thiazole rings is 1. The van der Waals surface area contributed by atoms with Gasteiger partial charge in [-0.05, 0) is 29.3 Å². The topological polar surface area (TPSA) is 50.7 Å². The summed E-state index contributed by atoms with van der Waals surface area (Å²) in [4.78, 5) is 13.7. The van der Waals surface area contributed by atoms with Crippen LogP contribution in [0.1, 0.15) is 29.8 Å². The van der Waals surface area contributed by atoms with E-state index >= 15 is 0 Å². The molecule has 96 valence electrons. The lowest BCUT2D eigenvalue weighted by molar-refractivity contribution is 0.856. The third-order valence-electron chi connectivity index (χ3n) is 2.39. The highest BCUT2D eigenvalue weighted by molar-refractivity contribution is 9.10. The van der Waals surface area contributed by atoms with Crippen molar-refractivity contribution in [3.63, 3.8) is 0 Å². The zero-order valence-corrected chi connectivity index (χ0v) is 13.1. The van der Waals surface area contributed by atoms with Crippen molar-refractivity contribution in [3.05, 3.63) is 32.0 Å². The van der Waals surface area contributed by atoms with Gasteiger partial charge in [0, 0.05) is 11.1 Å². The second-order valence-corrected chi connectivity index (χ2v) is 6.01. The average molecular weight is 348 g/mol. The van der Waals surface area contributed by atoms with Gasteiger partial charge in [-0.25, -0.2) is 15.0 Å². The van der Waals surface area contributed by atoms with Gasteiger partial charge in [-0.2, -0.15) is 0 Å². The standard InChI is InChI=1S/C11H12BrClN4S/c1-3-7-4-14-11(18-7)6(2)17-10-8(12)9(13)15-5-16-10/h4-6H,3H2,1-2H3,(H,15,16,17). The van der Waals surface area contributed by atoms with Crippen molar-refractivity contribution in [1.29, 1.82) is 0 Å². The van der Waals surface area contributed by atoms with Crippen molar-refractivity contribution in [2.75, 3.05) is 5.32 Å². The molecule has 7 heteroatoms. The molecular formula is C11H12BrClN4S. The highest BCUT2D eigenvalue weighted by Gasteiger charge is 2.13. The molecule has 2 heterocycles. The first kappa shape index (κ1) is 13.7. The van der Waals surface area contributed by atoms with Gasteiger partial charge in [0.15, 0.2) is 0 Å². The predicted molar refractivity (Wildman–Crippen MR) is 78.3 cm³/mol.